The number of hydrogen-bond acceptors (Lipinski definition) is 5. The molecular weight excluding hydrogens is 294 g/mol. The standard InChI is InChI=1S/C17H15N3O3/c18-10-11-23-15-9-5-4-8-14(15)12-19-20-17(22)16(21)13-6-2-1-3-7-13/h1-9,12,16,21H,11H2,(H,20,22)/b19-12-/t16-/m1/s1. The molecule has 0 heterocycles. The van der Waals surface area contributed by atoms with Gasteiger partial charge in [-0.2, -0.15) is 10.4 Å². The fraction of sp³-hybridized carbons (Fsp3) is 0.118. The first-order valence-corrected chi connectivity index (χ1v) is 6.87. The summed E-state index contributed by atoms with van der Waals surface area (Å²) >= 11 is 0. The summed E-state index contributed by atoms with van der Waals surface area (Å²) < 4.78 is 5.25. The van der Waals surface area contributed by atoms with Gasteiger partial charge in [-0.3, -0.25) is 4.79 Å². The van der Waals surface area contributed by atoms with E-state index in [1.807, 2.05) is 6.07 Å². The van der Waals surface area contributed by atoms with Crippen molar-refractivity contribution in [3.8, 4) is 11.8 Å². The molecule has 2 rings (SSSR count). The molecule has 0 spiro atoms. The molecular formula is C17H15N3O3. The van der Waals surface area contributed by atoms with Gasteiger partial charge in [0.25, 0.3) is 5.91 Å². The third kappa shape index (κ3) is 4.66. The number of carbonyl (C=O) groups excluding carboxylic acids is 1. The van der Waals surface area contributed by atoms with Gasteiger partial charge in [-0.25, -0.2) is 5.43 Å². The van der Waals surface area contributed by atoms with Crippen molar-refractivity contribution in [2.45, 2.75) is 6.10 Å². The molecule has 1 atom stereocenters. The van der Waals surface area contributed by atoms with Crippen LogP contribution in [0.4, 0.5) is 0 Å². The molecule has 2 aromatic rings. The molecule has 23 heavy (non-hydrogen) atoms. The van der Waals surface area contributed by atoms with Gasteiger partial charge in [-0.1, -0.05) is 42.5 Å². The highest BCUT2D eigenvalue weighted by Gasteiger charge is 2.15. The second-order valence-electron chi connectivity index (χ2n) is 4.53. The maximum atomic E-state index is 11.8. The first-order chi connectivity index (χ1) is 11.2. The Morgan fingerprint density at radius 2 is 1.96 bits per heavy atom. The van der Waals surface area contributed by atoms with Gasteiger partial charge < -0.3 is 9.84 Å². The maximum absolute atomic E-state index is 11.8. The number of carbonyl (C=O) groups is 1. The topological polar surface area (TPSA) is 94.7 Å². The van der Waals surface area contributed by atoms with Crippen molar-refractivity contribution < 1.29 is 14.6 Å². The minimum absolute atomic E-state index is 0.0794. The van der Waals surface area contributed by atoms with E-state index in [1.165, 1.54) is 6.21 Å². The minimum Gasteiger partial charge on any atom is -0.478 e. The van der Waals surface area contributed by atoms with E-state index in [-0.39, 0.29) is 6.61 Å². The monoisotopic (exact) mass is 309 g/mol. The molecule has 0 aliphatic carbocycles. The molecule has 0 bridgehead atoms. The Balaban J connectivity index is 1.99. The van der Waals surface area contributed by atoms with Crippen molar-refractivity contribution >= 4 is 12.1 Å². The van der Waals surface area contributed by atoms with E-state index in [4.69, 9.17) is 10.00 Å². The van der Waals surface area contributed by atoms with Crippen LogP contribution in [-0.4, -0.2) is 23.8 Å². The molecule has 0 fully saturated rings. The molecule has 2 aromatic carbocycles. The lowest BCUT2D eigenvalue weighted by molar-refractivity contribution is -0.129. The SMILES string of the molecule is N#CCOc1ccccc1/C=N\NC(=O)[C@H](O)c1ccccc1. The molecule has 6 heteroatoms. The summed E-state index contributed by atoms with van der Waals surface area (Å²) in [5, 5.41) is 22.3. The second kappa shape index (κ2) is 8.32. The van der Waals surface area contributed by atoms with Crippen molar-refractivity contribution in [3.05, 3.63) is 65.7 Å². The summed E-state index contributed by atoms with van der Waals surface area (Å²) in [5.41, 5.74) is 3.37. The van der Waals surface area contributed by atoms with E-state index in [0.29, 0.717) is 16.9 Å². The quantitative estimate of drug-likeness (QED) is 0.628. The molecule has 1 amide bonds. The molecule has 2 N–H and O–H groups in total. The summed E-state index contributed by atoms with van der Waals surface area (Å²) in [4.78, 5) is 11.8. The first kappa shape index (κ1) is 16.2. The molecule has 0 aromatic heterocycles. The highest BCUT2D eigenvalue weighted by molar-refractivity contribution is 5.86. The summed E-state index contributed by atoms with van der Waals surface area (Å²) in [7, 11) is 0. The van der Waals surface area contributed by atoms with Gasteiger partial charge >= 0.3 is 0 Å². The van der Waals surface area contributed by atoms with Crippen molar-refractivity contribution in [3.63, 3.8) is 0 Å². The largest absolute Gasteiger partial charge is 0.478 e. The number of benzene rings is 2. The fourth-order valence-corrected chi connectivity index (χ4v) is 1.84. The second-order valence-corrected chi connectivity index (χ2v) is 4.53. The van der Waals surface area contributed by atoms with E-state index in [0.717, 1.165) is 0 Å². The predicted molar refractivity (Wildman–Crippen MR) is 84.7 cm³/mol. The van der Waals surface area contributed by atoms with Crippen LogP contribution in [0, 0.1) is 11.3 Å². The zero-order valence-electron chi connectivity index (χ0n) is 12.2. The number of para-hydroxylation sites is 1. The van der Waals surface area contributed by atoms with Crippen LogP contribution in [-0.2, 0) is 4.79 Å². The number of rotatable bonds is 6. The van der Waals surface area contributed by atoms with Crippen molar-refractivity contribution in [2.75, 3.05) is 6.61 Å². The average molecular weight is 309 g/mol. The Morgan fingerprint density at radius 1 is 1.26 bits per heavy atom. The lowest BCUT2D eigenvalue weighted by atomic mass is 10.1. The lowest BCUT2D eigenvalue weighted by Gasteiger charge is -2.09. The van der Waals surface area contributed by atoms with Crippen LogP contribution in [0.25, 0.3) is 0 Å². The van der Waals surface area contributed by atoms with Crippen LogP contribution in [0.5, 0.6) is 5.75 Å². The molecule has 0 unspecified atom stereocenters. The van der Waals surface area contributed by atoms with Gasteiger partial charge in [0.15, 0.2) is 12.7 Å². The van der Waals surface area contributed by atoms with Gasteiger partial charge in [0, 0.05) is 5.56 Å². The average Bonchev–Trinajstić information content (AvgIpc) is 2.61. The van der Waals surface area contributed by atoms with Gasteiger partial charge in [-0.15, -0.1) is 0 Å². The van der Waals surface area contributed by atoms with Crippen molar-refractivity contribution in [1.82, 2.24) is 5.43 Å². The molecule has 0 saturated heterocycles. The Bertz CT molecular complexity index is 723. The van der Waals surface area contributed by atoms with E-state index in [9.17, 15) is 9.90 Å². The highest BCUT2D eigenvalue weighted by atomic mass is 16.5. The summed E-state index contributed by atoms with van der Waals surface area (Å²) in [6, 6.07) is 17.4. The minimum atomic E-state index is -1.29. The van der Waals surface area contributed by atoms with Gasteiger partial charge in [0.05, 0.1) is 6.21 Å². The lowest BCUT2D eigenvalue weighted by Crippen LogP contribution is -2.25. The number of hydrazone groups is 1. The van der Waals surface area contributed by atoms with Crippen LogP contribution in [0.3, 0.4) is 0 Å². The molecule has 0 saturated carbocycles. The van der Waals surface area contributed by atoms with Crippen LogP contribution >= 0.6 is 0 Å². The van der Waals surface area contributed by atoms with Gasteiger partial charge in [0.2, 0.25) is 0 Å². The molecule has 116 valence electrons. The Morgan fingerprint density at radius 3 is 2.70 bits per heavy atom. The van der Waals surface area contributed by atoms with Gasteiger partial charge in [0.1, 0.15) is 11.8 Å². The maximum Gasteiger partial charge on any atom is 0.273 e. The highest BCUT2D eigenvalue weighted by Crippen LogP contribution is 2.15. The fourth-order valence-electron chi connectivity index (χ4n) is 1.84. The van der Waals surface area contributed by atoms with E-state index < -0.39 is 12.0 Å². The zero-order valence-corrected chi connectivity index (χ0v) is 12.2. The van der Waals surface area contributed by atoms with Crippen LogP contribution in [0.15, 0.2) is 59.7 Å². The number of amides is 1. The smallest absolute Gasteiger partial charge is 0.273 e. The third-order valence-electron chi connectivity index (χ3n) is 2.95. The first-order valence-electron chi connectivity index (χ1n) is 6.87. The van der Waals surface area contributed by atoms with Crippen molar-refractivity contribution in [1.29, 1.82) is 5.26 Å². The number of ether oxygens (including phenoxy) is 1. The number of nitriles is 1. The number of aliphatic hydroxyl groups is 1. The summed E-state index contributed by atoms with van der Waals surface area (Å²) in [6.45, 7) is -0.0794. The molecule has 0 aliphatic rings. The summed E-state index contributed by atoms with van der Waals surface area (Å²) in [6.07, 6.45) is 0.0981. The van der Waals surface area contributed by atoms with Crippen molar-refractivity contribution in [2.24, 2.45) is 5.10 Å². The van der Waals surface area contributed by atoms with E-state index in [2.05, 4.69) is 10.5 Å². The molecule has 6 nitrogen and oxygen atoms in total. The zero-order chi connectivity index (χ0) is 16.5. The Kier molecular flexibility index (Phi) is 5.86. The normalized spacial score (nSPS) is 11.7. The Hall–Kier alpha value is -3.17. The summed E-state index contributed by atoms with van der Waals surface area (Å²) in [5.74, 6) is -0.154. The van der Waals surface area contributed by atoms with Gasteiger partial charge in [-0.05, 0) is 17.7 Å². The molecule has 0 radical (unpaired) electrons. The number of nitrogens with one attached hydrogen (secondary N) is 1. The predicted octanol–water partition coefficient (Wildman–Crippen LogP) is 1.77. The van der Waals surface area contributed by atoms with E-state index >= 15 is 0 Å². The third-order valence-corrected chi connectivity index (χ3v) is 2.95. The van der Waals surface area contributed by atoms with E-state index in [1.54, 1.807) is 54.6 Å². The van der Waals surface area contributed by atoms with Crippen LogP contribution < -0.4 is 10.2 Å². The van der Waals surface area contributed by atoms with Crippen LogP contribution in [0.2, 0.25) is 0 Å². The molecule has 0 aliphatic heterocycles. The Labute approximate surface area is 133 Å². The number of aliphatic hydroxyl groups excluding tert-OH is 1. The van der Waals surface area contributed by atoms with Crippen LogP contribution in [0.1, 0.15) is 17.2 Å². The number of nitrogens with zero attached hydrogens (tertiary/aromatic N) is 2. The number of hydrogen-bond donors (Lipinski definition) is 2.